The number of furan rings is 1. The Morgan fingerprint density at radius 2 is 1.97 bits per heavy atom. The normalized spacial score (nSPS) is 17.0. The van der Waals surface area contributed by atoms with Crippen LogP contribution in [0.4, 0.5) is 14.9 Å². The lowest BCUT2D eigenvalue weighted by molar-refractivity contribution is -0.129. The first kappa shape index (κ1) is 25.9. The van der Waals surface area contributed by atoms with E-state index in [1.54, 1.807) is 19.1 Å². The molecular weight excluding hydrogens is 455 g/mol. The third-order valence-corrected chi connectivity index (χ3v) is 5.66. The molecule has 0 aliphatic carbocycles. The van der Waals surface area contributed by atoms with Crippen molar-refractivity contribution in [1.82, 2.24) is 15.5 Å². The number of para-hydroxylation sites is 1. The maximum absolute atomic E-state index is 13.9. The first-order valence-corrected chi connectivity index (χ1v) is 11.6. The van der Waals surface area contributed by atoms with E-state index in [-0.39, 0.29) is 36.2 Å². The van der Waals surface area contributed by atoms with E-state index in [0.29, 0.717) is 19.3 Å². The standard InChI is InChI=1S/C25H31FN4O5/c1-15(2)11-20(28-24(33)22-12-16(3)14-35-22)23(32)27-19-9-6-10-30(13-21(19)31)25(34)29-18-8-5-4-7-17(18)26/h4-5,7-8,12,14-15,19-20H,6,9-11,13H2,1-3H3,(H,27,32)(H,28,33)(H,29,34). The molecule has 1 aliphatic rings. The molecule has 0 spiro atoms. The molecule has 1 saturated heterocycles. The van der Waals surface area contributed by atoms with Gasteiger partial charge >= 0.3 is 6.03 Å². The average molecular weight is 487 g/mol. The number of nitrogens with one attached hydrogen (secondary N) is 3. The van der Waals surface area contributed by atoms with Crippen molar-refractivity contribution >= 4 is 29.3 Å². The molecule has 1 fully saturated rings. The van der Waals surface area contributed by atoms with Crippen LogP contribution in [-0.2, 0) is 9.59 Å². The monoisotopic (exact) mass is 486 g/mol. The number of Topliss-reactive ketones (excluding diaryl/α,β-unsaturated/α-hetero) is 1. The molecule has 1 aromatic carbocycles. The Hall–Kier alpha value is -3.69. The van der Waals surface area contributed by atoms with Gasteiger partial charge in [0, 0.05) is 6.54 Å². The number of amides is 4. The van der Waals surface area contributed by atoms with Crippen LogP contribution in [0.1, 0.15) is 49.2 Å². The molecule has 0 saturated carbocycles. The predicted molar refractivity (Wildman–Crippen MR) is 127 cm³/mol. The number of rotatable bonds is 7. The fraction of sp³-hybridized carbons (Fsp3) is 0.440. The van der Waals surface area contributed by atoms with Crippen molar-refractivity contribution in [2.45, 2.75) is 52.1 Å². The number of benzene rings is 1. The van der Waals surface area contributed by atoms with Crippen LogP contribution in [0.3, 0.4) is 0 Å². The molecule has 2 aromatic rings. The molecule has 4 amide bonds. The van der Waals surface area contributed by atoms with E-state index >= 15 is 0 Å². The molecule has 2 atom stereocenters. The van der Waals surface area contributed by atoms with Gasteiger partial charge in [-0.05, 0) is 55.9 Å². The number of halogens is 1. The summed E-state index contributed by atoms with van der Waals surface area (Å²) < 4.78 is 19.1. The third kappa shape index (κ3) is 7.14. The van der Waals surface area contributed by atoms with Gasteiger partial charge in [-0.15, -0.1) is 0 Å². The Morgan fingerprint density at radius 3 is 2.63 bits per heavy atom. The summed E-state index contributed by atoms with van der Waals surface area (Å²) in [4.78, 5) is 52.3. The molecule has 2 heterocycles. The second-order valence-corrected chi connectivity index (χ2v) is 9.15. The Kier molecular flexibility index (Phi) is 8.62. The van der Waals surface area contributed by atoms with E-state index < -0.39 is 35.7 Å². The summed E-state index contributed by atoms with van der Waals surface area (Å²) in [6.45, 7) is 5.69. The predicted octanol–water partition coefficient (Wildman–Crippen LogP) is 3.25. The van der Waals surface area contributed by atoms with Crippen molar-refractivity contribution < 1.29 is 28.0 Å². The molecule has 35 heavy (non-hydrogen) atoms. The number of aryl methyl sites for hydroxylation is 1. The smallest absolute Gasteiger partial charge is 0.322 e. The molecule has 0 radical (unpaired) electrons. The van der Waals surface area contributed by atoms with Crippen LogP contribution in [0.25, 0.3) is 0 Å². The van der Waals surface area contributed by atoms with Gasteiger partial charge in [0.05, 0.1) is 24.5 Å². The second kappa shape index (κ2) is 11.6. The van der Waals surface area contributed by atoms with Crippen molar-refractivity contribution in [3.63, 3.8) is 0 Å². The van der Waals surface area contributed by atoms with Crippen molar-refractivity contribution in [1.29, 1.82) is 0 Å². The van der Waals surface area contributed by atoms with Crippen molar-refractivity contribution in [2.24, 2.45) is 5.92 Å². The summed E-state index contributed by atoms with van der Waals surface area (Å²) in [5.41, 5.74) is 0.811. The molecule has 9 nitrogen and oxygen atoms in total. The number of carbonyl (C=O) groups is 4. The highest BCUT2D eigenvalue weighted by Crippen LogP contribution is 2.16. The quantitative estimate of drug-likeness (QED) is 0.555. The summed E-state index contributed by atoms with van der Waals surface area (Å²) in [6, 6.07) is 5.10. The van der Waals surface area contributed by atoms with Crippen LogP contribution >= 0.6 is 0 Å². The number of urea groups is 1. The van der Waals surface area contributed by atoms with Crippen LogP contribution in [0.5, 0.6) is 0 Å². The Balaban J connectivity index is 1.61. The summed E-state index contributed by atoms with van der Waals surface area (Å²) in [6.07, 6.45) is 2.63. The van der Waals surface area contributed by atoms with Gasteiger partial charge in [-0.3, -0.25) is 14.4 Å². The number of likely N-dealkylation sites (tertiary alicyclic amines) is 1. The highest BCUT2D eigenvalue weighted by Gasteiger charge is 2.31. The Bertz CT molecular complexity index is 1080. The Labute approximate surface area is 203 Å². The minimum Gasteiger partial charge on any atom is -0.459 e. The molecule has 10 heteroatoms. The van der Waals surface area contributed by atoms with Crippen LogP contribution in [0, 0.1) is 18.7 Å². The van der Waals surface area contributed by atoms with Crippen LogP contribution in [0.2, 0.25) is 0 Å². The highest BCUT2D eigenvalue weighted by molar-refractivity contribution is 5.98. The minimum atomic E-state index is -0.857. The van der Waals surface area contributed by atoms with E-state index in [9.17, 15) is 23.6 Å². The van der Waals surface area contributed by atoms with Gasteiger partial charge in [-0.25, -0.2) is 9.18 Å². The number of hydrogen-bond acceptors (Lipinski definition) is 5. The van der Waals surface area contributed by atoms with Gasteiger partial charge in [0.1, 0.15) is 11.9 Å². The van der Waals surface area contributed by atoms with Gasteiger partial charge < -0.3 is 25.3 Å². The number of nitrogens with zero attached hydrogens (tertiary/aromatic N) is 1. The molecule has 188 valence electrons. The molecule has 2 unspecified atom stereocenters. The molecule has 3 N–H and O–H groups in total. The average Bonchev–Trinajstić information content (AvgIpc) is 3.15. The van der Waals surface area contributed by atoms with Crippen LogP contribution in [0.15, 0.2) is 41.0 Å². The third-order valence-electron chi connectivity index (χ3n) is 5.66. The number of anilines is 1. The van der Waals surface area contributed by atoms with Gasteiger partial charge in [-0.2, -0.15) is 0 Å². The second-order valence-electron chi connectivity index (χ2n) is 9.15. The zero-order chi connectivity index (χ0) is 25.5. The number of carbonyl (C=O) groups excluding carboxylic acids is 4. The maximum atomic E-state index is 13.9. The highest BCUT2D eigenvalue weighted by atomic mass is 19.1. The number of hydrogen-bond donors (Lipinski definition) is 3. The fourth-order valence-corrected chi connectivity index (χ4v) is 3.86. The Morgan fingerprint density at radius 1 is 1.23 bits per heavy atom. The lowest BCUT2D eigenvalue weighted by Crippen LogP contribution is -2.52. The lowest BCUT2D eigenvalue weighted by Gasteiger charge is -2.23. The number of ketones is 1. The van der Waals surface area contributed by atoms with E-state index in [4.69, 9.17) is 4.42 Å². The van der Waals surface area contributed by atoms with E-state index in [2.05, 4.69) is 16.0 Å². The van der Waals surface area contributed by atoms with Gasteiger partial charge in [0.25, 0.3) is 5.91 Å². The van der Waals surface area contributed by atoms with Crippen LogP contribution in [-0.4, -0.2) is 53.7 Å². The summed E-state index contributed by atoms with van der Waals surface area (Å²) in [5.74, 6) is -1.69. The van der Waals surface area contributed by atoms with E-state index in [1.165, 1.54) is 29.4 Å². The van der Waals surface area contributed by atoms with Crippen molar-refractivity contribution in [3.05, 3.63) is 53.7 Å². The zero-order valence-corrected chi connectivity index (χ0v) is 20.1. The minimum absolute atomic E-state index is 0.0260. The fourth-order valence-electron chi connectivity index (χ4n) is 3.86. The van der Waals surface area contributed by atoms with Gasteiger partial charge in [-0.1, -0.05) is 26.0 Å². The summed E-state index contributed by atoms with van der Waals surface area (Å²) >= 11 is 0. The molecule has 1 aliphatic heterocycles. The SMILES string of the molecule is Cc1coc(C(=O)NC(CC(C)C)C(=O)NC2CCCN(C(=O)Nc3ccccc3F)CC2=O)c1. The largest absolute Gasteiger partial charge is 0.459 e. The first-order chi connectivity index (χ1) is 16.6. The van der Waals surface area contributed by atoms with E-state index in [0.717, 1.165) is 5.56 Å². The molecule has 1 aromatic heterocycles. The lowest BCUT2D eigenvalue weighted by atomic mass is 10.0. The first-order valence-electron chi connectivity index (χ1n) is 11.6. The van der Waals surface area contributed by atoms with Gasteiger partial charge in [0.2, 0.25) is 5.91 Å². The van der Waals surface area contributed by atoms with Crippen molar-refractivity contribution in [3.8, 4) is 0 Å². The van der Waals surface area contributed by atoms with Gasteiger partial charge in [0.15, 0.2) is 11.5 Å². The maximum Gasteiger partial charge on any atom is 0.322 e. The summed E-state index contributed by atoms with van der Waals surface area (Å²) in [7, 11) is 0. The van der Waals surface area contributed by atoms with Crippen LogP contribution < -0.4 is 16.0 Å². The van der Waals surface area contributed by atoms with E-state index in [1.807, 2.05) is 13.8 Å². The molecule has 3 rings (SSSR count). The topological polar surface area (TPSA) is 121 Å². The molecular formula is C25H31FN4O5. The molecule has 0 bridgehead atoms. The van der Waals surface area contributed by atoms with Crippen molar-refractivity contribution in [2.75, 3.05) is 18.4 Å². The summed E-state index contributed by atoms with van der Waals surface area (Å²) in [5, 5.41) is 7.91. The zero-order valence-electron chi connectivity index (χ0n) is 20.1.